The van der Waals surface area contributed by atoms with Crippen LogP contribution in [0.3, 0.4) is 0 Å². The van der Waals surface area contributed by atoms with Crippen LogP contribution in [0.1, 0.15) is 32.3 Å². The first-order valence-electron chi connectivity index (χ1n) is 11.1. The van der Waals surface area contributed by atoms with Crippen LogP contribution in [0.5, 0.6) is 5.75 Å². The van der Waals surface area contributed by atoms with Crippen LogP contribution in [0.2, 0.25) is 0 Å². The molecule has 7 nitrogen and oxygen atoms in total. The van der Waals surface area contributed by atoms with E-state index in [4.69, 9.17) is 9.15 Å². The van der Waals surface area contributed by atoms with Crippen molar-refractivity contribution in [2.24, 2.45) is 0 Å². The lowest BCUT2D eigenvalue weighted by Crippen LogP contribution is -2.51. The summed E-state index contributed by atoms with van der Waals surface area (Å²) in [6, 6.07) is 5.55. The third kappa shape index (κ3) is 4.23. The van der Waals surface area contributed by atoms with Crippen molar-refractivity contribution in [3.05, 3.63) is 34.2 Å². The second kappa shape index (κ2) is 9.18. The van der Waals surface area contributed by atoms with Crippen molar-refractivity contribution in [3.8, 4) is 5.75 Å². The van der Waals surface area contributed by atoms with Crippen molar-refractivity contribution < 1.29 is 13.9 Å². The van der Waals surface area contributed by atoms with Gasteiger partial charge in [-0.25, -0.2) is 4.79 Å². The predicted molar refractivity (Wildman–Crippen MR) is 117 cm³/mol. The number of amides is 1. The second-order valence-corrected chi connectivity index (χ2v) is 8.08. The second-order valence-electron chi connectivity index (χ2n) is 8.08. The summed E-state index contributed by atoms with van der Waals surface area (Å²) >= 11 is 0. The van der Waals surface area contributed by atoms with Gasteiger partial charge in [0.25, 0.3) is 0 Å². The quantitative estimate of drug-likeness (QED) is 0.678. The Labute approximate surface area is 177 Å². The number of carbonyl (C=O) groups excluding carboxylic acids is 1. The minimum atomic E-state index is -0.427. The average molecular weight is 414 g/mol. The largest absolute Gasteiger partial charge is 0.494 e. The SMILES string of the molecule is CCCOc1ccc2oc(=O)c3c(c2c1)CCCN3C(=O)CN1CCN(CC)CC1. The first kappa shape index (κ1) is 20.9. The minimum Gasteiger partial charge on any atom is -0.494 e. The van der Waals surface area contributed by atoms with Crippen molar-refractivity contribution in [2.45, 2.75) is 33.1 Å². The van der Waals surface area contributed by atoms with Crippen molar-refractivity contribution in [1.29, 1.82) is 0 Å². The first-order chi connectivity index (χ1) is 14.6. The fraction of sp³-hybridized carbons (Fsp3) is 0.565. The number of rotatable bonds is 6. The lowest BCUT2D eigenvalue weighted by Gasteiger charge is -2.35. The number of anilines is 1. The van der Waals surface area contributed by atoms with Gasteiger partial charge < -0.3 is 19.0 Å². The number of ether oxygens (including phenoxy) is 1. The summed E-state index contributed by atoms with van der Waals surface area (Å²) in [4.78, 5) is 32.2. The van der Waals surface area contributed by atoms with E-state index >= 15 is 0 Å². The van der Waals surface area contributed by atoms with Crippen LogP contribution in [-0.4, -0.2) is 68.1 Å². The number of benzene rings is 1. The Morgan fingerprint density at radius 3 is 2.60 bits per heavy atom. The molecule has 3 heterocycles. The average Bonchev–Trinajstić information content (AvgIpc) is 2.78. The van der Waals surface area contributed by atoms with Gasteiger partial charge >= 0.3 is 5.63 Å². The third-order valence-corrected chi connectivity index (χ3v) is 6.08. The number of fused-ring (bicyclic) bond motifs is 3. The standard InChI is InChI=1S/C23H31N3O4/c1-3-14-29-17-7-8-20-19(15-17)18-6-5-9-26(22(18)23(28)30-20)21(27)16-25-12-10-24(4-2)11-13-25/h7-8,15H,3-6,9-14,16H2,1-2H3. The number of nitrogens with zero attached hydrogens (tertiary/aromatic N) is 3. The van der Waals surface area contributed by atoms with Gasteiger partial charge in [0, 0.05) is 38.1 Å². The zero-order valence-corrected chi connectivity index (χ0v) is 18.0. The maximum absolute atomic E-state index is 13.1. The van der Waals surface area contributed by atoms with E-state index < -0.39 is 5.63 Å². The molecule has 0 saturated carbocycles. The van der Waals surface area contributed by atoms with E-state index in [2.05, 4.69) is 23.6 Å². The molecular weight excluding hydrogens is 382 g/mol. The lowest BCUT2D eigenvalue weighted by molar-refractivity contribution is -0.120. The Hall–Kier alpha value is -2.38. The molecule has 1 saturated heterocycles. The number of hydrogen-bond donors (Lipinski definition) is 0. The lowest BCUT2D eigenvalue weighted by atomic mass is 9.98. The molecule has 0 radical (unpaired) electrons. The highest BCUT2D eigenvalue weighted by Crippen LogP contribution is 2.33. The van der Waals surface area contributed by atoms with Crippen LogP contribution < -0.4 is 15.3 Å². The van der Waals surface area contributed by atoms with Crippen molar-refractivity contribution in [3.63, 3.8) is 0 Å². The molecule has 1 aromatic heterocycles. The zero-order chi connectivity index (χ0) is 21.1. The fourth-order valence-electron chi connectivity index (χ4n) is 4.38. The monoisotopic (exact) mass is 413 g/mol. The Morgan fingerprint density at radius 2 is 1.87 bits per heavy atom. The fourth-order valence-corrected chi connectivity index (χ4v) is 4.38. The summed E-state index contributed by atoms with van der Waals surface area (Å²) in [6.07, 6.45) is 2.52. The van der Waals surface area contributed by atoms with Gasteiger partial charge in [-0.05, 0) is 49.6 Å². The molecule has 0 aliphatic carbocycles. The van der Waals surface area contributed by atoms with E-state index in [1.165, 1.54) is 0 Å². The number of likely N-dealkylation sites (N-methyl/N-ethyl adjacent to an activating group) is 1. The van der Waals surface area contributed by atoms with E-state index in [9.17, 15) is 9.59 Å². The Kier molecular flexibility index (Phi) is 6.39. The van der Waals surface area contributed by atoms with Gasteiger partial charge in [0.15, 0.2) is 0 Å². The molecule has 0 unspecified atom stereocenters. The molecule has 1 aromatic carbocycles. The molecule has 2 aliphatic heterocycles. The van der Waals surface area contributed by atoms with Gasteiger partial charge in [0.05, 0.1) is 13.2 Å². The van der Waals surface area contributed by atoms with Crippen LogP contribution in [0.15, 0.2) is 27.4 Å². The van der Waals surface area contributed by atoms with Crippen LogP contribution in [-0.2, 0) is 11.2 Å². The van der Waals surface area contributed by atoms with Crippen molar-refractivity contribution in [1.82, 2.24) is 9.80 Å². The zero-order valence-electron chi connectivity index (χ0n) is 18.0. The van der Waals surface area contributed by atoms with Crippen LogP contribution in [0.4, 0.5) is 5.69 Å². The number of aryl methyl sites for hydroxylation is 1. The third-order valence-electron chi connectivity index (χ3n) is 6.08. The van der Waals surface area contributed by atoms with Crippen LogP contribution in [0, 0.1) is 0 Å². The van der Waals surface area contributed by atoms with Crippen LogP contribution in [0.25, 0.3) is 11.0 Å². The van der Waals surface area contributed by atoms with Crippen LogP contribution >= 0.6 is 0 Å². The topological polar surface area (TPSA) is 66.2 Å². The normalized spacial score (nSPS) is 17.9. The predicted octanol–water partition coefficient (Wildman–Crippen LogP) is 2.50. The Balaban J connectivity index is 1.60. The molecule has 0 N–H and O–H groups in total. The highest BCUT2D eigenvalue weighted by molar-refractivity contribution is 5.98. The van der Waals surface area contributed by atoms with Crippen molar-refractivity contribution in [2.75, 3.05) is 57.3 Å². The molecule has 30 heavy (non-hydrogen) atoms. The molecular formula is C23H31N3O4. The summed E-state index contributed by atoms with van der Waals surface area (Å²) < 4.78 is 11.4. The van der Waals surface area contributed by atoms with E-state index in [0.717, 1.165) is 68.7 Å². The van der Waals surface area contributed by atoms with Gasteiger partial charge in [0.2, 0.25) is 5.91 Å². The summed E-state index contributed by atoms with van der Waals surface area (Å²) in [6.45, 7) is 10.5. The van der Waals surface area contributed by atoms with Crippen molar-refractivity contribution >= 4 is 22.6 Å². The van der Waals surface area contributed by atoms with E-state index in [-0.39, 0.29) is 5.91 Å². The summed E-state index contributed by atoms with van der Waals surface area (Å²) in [5, 5.41) is 0.868. The van der Waals surface area contributed by atoms with E-state index in [0.29, 0.717) is 31.0 Å². The van der Waals surface area contributed by atoms with E-state index in [1.54, 1.807) is 11.0 Å². The molecule has 2 aliphatic rings. The molecule has 162 valence electrons. The maximum atomic E-state index is 13.1. The molecule has 4 rings (SSSR count). The molecule has 1 amide bonds. The number of piperazine rings is 1. The number of hydrogen-bond acceptors (Lipinski definition) is 6. The smallest absolute Gasteiger partial charge is 0.360 e. The molecule has 7 heteroatoms. The molecule has 0 bridgehead atoms. The minimum absolute atomic E-state index is 0.0223. The Bertz CT molecular complexity index is 963. The molecule has 2 aromatic rings. The molecule has 0 spiro atoms. The first-order valence-corrected chi connectivity index (χ1v) is 11.1. The Morgan fingerprint density at radius 1 is 1.10 bits per heavy atom. The summed E-state index contributed by atoms with van der Waals surface area (Å²) in [5.41, 5.74) is 1.44. The van der Waals surface area contributed by atoms with Gasteiger partial charge in [-0.3, -0.25) is 9.69 Å². The highest BCUT2D eigenvalue weighted by atomic mass is 16.5. The van der Waals surface area contributed by atoms with Gasteiger partial charge in [-0.15, -0.1) is 0 Å². The summed E-state index contributed by atoms with van der Waals surface area (Å²) in [7, 11) is 0. The van der Waals surface area contributed by atoms with Gasteiger partial charge in [-0.1, -0.05) is 13.8 Å². The highest BCUT2D eigenvalue weighted by Gasteiger charge is 2.30. The van der Waals surface area contributed by atoms with E-state index in [1.807, 2.05) is 12.1 Å². The molecule has 0 atom stereocenters. The number of carbonyl (C=O) groups is 1. The van der Waals surface area contributed by atoms with Gasteiger partial charge in [-0.2, -0.15) is 0 Å². The molecule has 1 fully saturated rings. The maximum Gasteiger partial charge on any atom is 0.360 e. The summed E-state index contributed by atoms with van der Waals surface area (Å²) in [5.74, 6) is 0.739. The van der Waals surface area contributed by atoms with Gasteiger partial charge in [0.1, 0.15) is 17.0 Å².